The van der Waals surface area contributed by atoms with Crippen molar-refractivity contribution in [2.75, 3.05) is 44.0 Å². The highest BCUT2D eigenvalue weighted by molar-refractivity contribution is 5.95. The standard InChI is InChI=1S/C30H35N9O4/c1-19(2)26-28-36-27(20-7-5-4-6-8-20)37-39(28)15-16-43-23-17-21(9-10-22(23)42-3)29(41)32-13-14-38(18-25(40)35-26)30-33-12-11-24(31)34-30/h4-12,17,19,26H,13-16,18H2,1-3H3,(H,32,41)(H,35,40)(H2,31,33,34)/t26-/m1/s1. The average molecular weight is 586 g/mol. The number of ether oxygens (including phenoxy) is 2. The number of carbonyl (C=O) groups is 2. The Hall–Kier alpha value is -5.20. The van der Waals surface area contributed by atoms with Gasteiger partial charge in [-0.15, -0.1) is 0 Å². The van der Waals surface area contributed by atoms with E-state index in [4.69, 9.17) is 25.3 Å². The lowest BCUT2D eigenvalue weighted by molar-refractivity contribution is -0.121. The smallest absolute Gasteiger partial charge is 0.251 e. The molecule has 3 heterocycles. The molecule has 0 fully saturated rings. The number of fused-ring (bicyclic) bond motifs is 3. The molecule has 0 aliphatic carbocycles. The second-order valence-corrected chi connectivity index (χ2v) is 10.3. The lowest BCUT2D eigenvalue weighted by Gasteiger charge is -2.26. The van der Waals surface area contributed by atoms with Crippen LogP contribution in [0.25, 0.3) is 11.4 Å². The molecule has 224 valence electrons. The third-order valence-electron chi connectivity index (χ3n) is 6.93. The van der Waals surface area contributed by atoms with Crippen molar-refractivity contribution in [3.63, 3.8) is 0 Å². The highest BCUT2D eigenvalue weighted by atomic mass is 16.5. The van der Waals surface area contributed by atoms with Crippen LogP contribution in [0.3, 0.4) is 0 Å². The van der Waals surface area contributed by atoms with Crippen LogP contribution in [0.2, 0.25) is 0 Å². The van der Waals surface area contributed by atoms with Crippen molar-refractivity contribution in [3.8, 4) is 22.9 Å². The van der Waals surface area contributed by atoms with E-state index in [1.807, 2.05) is 44.2 Å². The van der Waals surface area contributed by atoms with Crippen molar-refractivity contribution in [2.45, 2.75) is 26.4 Å². The predicted octanol–water partition coefficient (Wildman–Crippen LogP) is 2.47. The van der Waals surface area contributed by atoms with Crippen molar-refractivity contribution in [1.29, 1.82) is 0 Å². The van der Waals surface area contributed by atoms with Crippen LogP contribution in [0, 0.1) is 5.92 Å². The number of hydrogen-bond acceptors (Lipinski definition) is 10. The Morgan fingerprint density at radius 3 is 2.60 bits per heavy atom. The predicted molar refractivity (Wildman–Crippen MR) is 161 cm³/mol. The zero-order valence-electron chi connectivity index (χ0n) is 24.4. The number of carbonyl (C=O) groups excluding carboxylic acids is 2. The topological polar surface area (TPSA) is 162 Å². The number of benzene rings is 2. The number of amides is 2. The molecule has 2 amide bonds. The maximum atomic E-state index is 13.5. The average Bonchev–Trinajstić information content (AvgIpc) is 3.42. The van der Waals surface area contributed by atoms with Crippen LogP contribution < -0.4 is 30.7 Å². The lowest BCUT2D eigenvalue weighted by atomic mass is 10.0. The van der Waals surface area contributed by atoms with Crippen LogP contribution in [-0.4, -0.2) is 69.9 Å². The zero-order chi connectivity index (χ0) is 30.3. The van der Waals surface area contributed by atoms with Gasteiger partial charge in [-0.3, -0.25) is 9.59 Å². The molecule has 2 bridgehead atoms. The van der Waals surface area contributed by atoms with Crippen LogP contribution in [0.1, 0.15) is 36.1 Å². The summed E-state index contributed by atoms with van der Waals surface area (Å²) in [5, 5.41) is 10.8. The largest absolute Gasteiger partial charge is 0.493 e. The van der Waals surface area contributed by atoms with Gasteiger partial charge in [0.1, 0.15) is 12.4 Å². The minimum atomic E-state index is -0.464. The van der Waals surface area contributed by atoms with Gasteiger partial charge >= 0.3 is 0 Å². The number of aromatic nitrogens is 5. The summed E-state index contributed by atoms with van der Waals surface area (Å²) >= 11 is 0. The fraction of sp³-hybridized carbons (Fsp3) is 0.333. The normalized spacial score (nSPS) is 16.5. The van der Waals surface area contributed by atoms with Gasteiger partial charge in [-0.2, -0.15) is 10.1 Å². The van der Waals surface area contributed by atoms with E-state index in [9.17, 15) is 9.59 Å². The second kappa shape index (κ2) is 13.2. The Bertz CT molecular complexity index is 1580. The maximum absolute atomic E-state index is 13.5. The number of anilines is 2. The first-order valence-corrected chi connectivity index (χ1v) is 14.0. The van der Waals surface area contributed by atoms with Crippen LogP contribution in [0.15, 0.2) is 60.8 Å². The van der Waals surface area contributed by atoms with Gasteiger partial charge in [0.25, 0.3) is 5.91 Å². The van der Waals surface area contributed by atoms with Gasteiger partial charge in [-0.05, 0) is 30.2 Å². The molecular formula is C30H35N9O4. The summed E-state index contributed by atoms with van der Waals surface area (Å²) < 4.78 is 13.3. The van der Waals surface area contributed by atoms with E-state index < -0.39 is 6.04 Å². The van der Waals surface area contributed by atoms with Gasteiger partial charge in [0.15, 0.2) is 23.1 Å². The molecule has 1 aliphatic heterocycles. The first kappa shape index (κ1) is 29.3. The number of rotatable bonds is 4. The number of nitrogens with zero attached hydrogens (tertiary/aromatic N) is 6. The lowest BCUT2D eigenvalue weighted by Crippen LogP contribution is -2.44. The van der Waals surface area contributed by atoms with E-state index in [0.29, 0.717) is 35.3 Å². The van der Waals surface area contributed by atoms with Crippen LogP contribution in [0.5, 0.6) is 11.5 Å². The molecule has 1 atom stereocenters. The van der Waals surface area contributed by atoms with Crippen molar-refractivity contribution in [1.82, 2.24) is 35.4 Å². The number of nitrogen functional groups attached to an aromatic ring is 1. The van der Waals surface area contributed by atoms with Gasteiger partial charge in [0.05, 0.1) is 26.2 Å². The first-order chi connectivity index (χ1) is 20.8. The molecule has 0 spiro atoms. The van der Waals surface area contributed by atoms with E-state index in [0.717, 1.165) is 5.56 Å². The van der Waals surface area contributed by atoms with E-state index in [2.05, 4.69) is 20.6 Å². The number of nitrogens with one attached hydrogen (secondary N) is 2. The molecule has 13 heteroatoms. The highest BCUT2D eigenvalue weighted by Gasteiger charge is 2.27. The van der Waals surface area contributed by atoms with Crippen LogP contribution in [-0.2, 0) is 11.3 Å². The summed E-state index contributed by atoms with van der Waals surface area (Å²) in [6.07, 6.45) is 1.53. The third-order valence-corrected chi connectivity index (χ3v) is 6.93. The van der Waals surface area contributed by atoms with Crippen LogP contribution >= 0.6 is 0 Å². The molecule has 5 rings (SSSR count). The summed E-state index contributed by atoms with van der Waals surface area (Å²) in [4.78, 5) is 41.7. The Morgan fingerprint density at radius 1 is 1.05 bits per heavy atom. The van der Waals surface area contributed by atoms with E-state index in [1.165, 1.54) is 6.20 Å². The van der Waals surface area contributed by atoms with Crippen LogP contribution in [0.4, 0.5) is 11.8 Å². The Kier molecular flexibility index (Phi) is 8.99. The minimum Gasteiger partial charge on any atom is -0.493 e. The van der Waals surface area contributed by atoms with Crippen molar-refractivity contribution in [3.05, 3.63) is 72.2 Å². The number of nitrogens with two attached hydrogens (primary N) is 1. The molecule has 0 radical (unpaired) electrons. The summed E-state index contributed by atoms with van der Waals surface area (Å²) in [6.45, 7) is 4.96. The zero-order valence-corrected chi connectivity index (χ0v) is 24.4. The van der Waals surface area contributed by atoms with Crippen molar-refractivity contribution >= 4 is 23.6 Å². The molecule has 4 N–H and O–H groups in total. The Labute approximate surface area is 249 Å². The fourth-order valence-corrected chi connectivity index (χ4v) is 4.72. The molecule has 13 nitrogen and oxygen atoms in total. The van der Waals surface area contributed by atoms with E-state index >= 15 is 0 Å². The van der Waals surface area contributed by atoms with Crippen molar-refractivity contribution in [2.24, 2.45) is 5.92 Å². The summed E-state index contributed by atoms with van der Waals surface area (Å²) in [5.41, 5.74) is 7.17. The summed E-state index contributed by atoms with van der Waals surface area (Å²) in [5.74, 6) is 2.00. The van der Waals surface area contributed by atoms with E-state index in [1.54, 1.807) is 41.0 Å². The molecule has 1 aliphatic rings. The maximum Gasteiger partial charge on any atom is 0.251 e. The van der Waals surface area contributed by atoms with Gasteiger partial charge < -0.3 is 30.7 Å². The number of hydrogen-bond donors (Lipinski definition) is 3. The Morgan fingerprint density at radius 2 is 1.86 bits per heavy atom. The fourth-order valence-electron chi connectivity index (χ4n) is 4.72. The molecule has 2 aromatic carbocycles. The molecule has 0 unspecified atom stereocenters. The van der Waals surface area contributed by atoms with Crippen molar-refractivity contribution < 1.29 is 19.1 Å². The highest BCUT2D eigenvalue weighted by Crippen LogP contribution is 2.29. The van der Waals surface area contributed by atoms with Gasteiger partial charge in [-0.1, -0.05) is 44.2 Å². The van der Waals surface area contributed by atoms with E-state index in [-0.39, 0.29) is 55.7 Å². The number of methoxy groups -OCH3 is 1. The third kappa shape index (κ3) is 7.00. The minimum absolute atomic E-state index is 0.0216. The monoisotopic (exact) mass is 585 g/mol. The second-order valence-electron chi connectivity index (χ2n) is 10.3. The molecule has 0 saturated heterocycles. The van der Waals surface area contributed by atoms with Gasteiger partial charge in [0, 0.05) is 30.4 Å². The molecular weight excluding hydrogens is 550 g/mol. The van der Waals surface area contributed by atoms with Gasteiger partial charge in [0.2, 0.25) is 11.9 Å². The molecule has 4 aromatic rings. The summed E-state index contributed by atoms with van der Waals surface area (Å²) in [6, 6.07) is 15.8. The first-order valence-electron chi connectivity index (χ1n) is 14.0. The molecule has 43 heavy (non-hydrogen) atoms. The van der Waals surface area contributed by atoms with Gasteiger partial charge in [-0.25, -0.2) is 14.6 Å². The summed E-state index contributed by atoms with van der Waals surface area (Å²) in [7, 11) is 1.54. The molecule has 2 aromatic heterocycles. The SMILES string of the molecule is COc1ccc2cc1OCCn1nc(-c3ccccc3)nc1[C@@H](C(C)C)NC(=O)CN(c1nccc(N)n1)CCNC2=O. The molecule has 0 saturated carbocycles. The Balaban J connectivity index is 1.54. The quantitative estimate of drug-likeness (QED) is 0.324.